The number of esters is 1. The fraction of sp³-hybridized carbons (Fsp3) is 0.429. The molecule has 0 unspecified atom stereocenters. The molecule has 0 bridgehead atoms. The quantitative estimate of drug-likeness (QED) is 0.796. The molecular weight excluding hydrogens is 260 g/mol. The van der Waals surface area contributed by atoms with Crippen LogP contribution in [0.1, 0.15) is 17.3 Å². The van der Waals surface area contributed by atoms with E-state index in [0.29, 0.717) is 31.0 Å². The highest BCUT2D eigenvalue weighted by Crippen LogP contribution is 2.11. The largest absolute Gasteiger partial charge is 0.462 e. The summed E-state index contributed by atoms with van der Waals surface area (Å²) in [6, 6.07) is 6.57. The minimum absolute atomic E-state index is 0.193. The maximum atomic E-state index is 11.9. The van der Waals surface area contributed by atoms with Gasteiger partial charge in [-0.25, -0.2) is 4.79 Å². The van der Waals surface area contributed by atoms with Crippen molar-refractivity contribution in [1.29, 1.82) is 0 Å². The van der Waals surface area contributed by atoms with Crippen LogP contribution in [0, 0.1) is 0 Å². The van der Waals surface area contributed by atoms with Crippen LogP contribution in [-0.2, 0) is 14.3 Å². The van der Waals surface area contributed by atoms with Gasteiger partial charge in [-0.1, -0.05) is 0 Å². The molecule has 6 heteroatoms. The number of hydrogen-bond acceptors (Lipinski definition) is 5. The molecule has 0 radical (unpaired) electrons. The molecule has 2 rings (SSSR count). The molecule has 6 nitrogen and oxygen atoms in total. The van der Waals surface area contributed by atoms with E-state index in [1.54, 1.807) is 31.2 Å². The molecule has 108 valence electrons. The third-order valence-electron chi connectivity index (χ3n) is 2.88. The average Bonchev–Trinajstić information content (AvgIpc) is 2.49. The van der Waals surface area contributed by atoms with E-state index in [4.69, 9.17) is 9.47 Å². The molecule has 1 aliphatic heterocycles. The van der Waals surface area contributed by atoms with Crippen molar-refractivity contribution in [1.82, 2.24) is 5.32 Å². The Morgan fingerprint density at radius 1 is 1.40 bits per heavy atom. The summed E-state index contributed by atoms with van der Waals surface area (Å²) in [6.07, 6.45) is -0.478. The Morgan fingerprint density at radius 3 is 2.75 bits per heavy atom. The summed E-state index contributed by atoms with van der Waals surface area (Å²) in [6.45, 7) is 3.89. The van der Waals surface area contributed by atoms with Crippen molar-refractivity contribution < 1.29 is 19.1 Å². The zero-order valence-corrected chi connectivity index (χ0v) is 11.3. The van der Waals surface area contributed by atoms with E-state index in [1.807, 2.05) is 0 Å². The van der Waals surface area contributed by atoms with Crippen molar-refractivity contribution in [2.75, 3.05) is 31.6 Å². The normalized spacial score (nSPS) is 18.4. The SMILES string of the molecule is CCOC(=O)c1ccc(NC(=O)[C@H]2CNCCO2)cc1. The highest BCUT2D eigenvalue weighted by atomic mass is 16.5. The Bertz CT molecular complexity index is 467. The lowest BCUT2D eigenvalue weighted by Crippen LogP contribution is -2.45. The first kappa shape index (κ1) is 14.5. The van der Waals surface area contributed by atoms with Gasteiger partial charge in [0.2, 0.25) is 0 Å². The molecule has 1 aromatic rings. The van der Waals surface area contributed by atoms with Crippen LogP contribution in [0.15, 0.2) is 24.3 Å². The van der Waals surface area contributed by atoms with Crippen molar-refractivity contribution in [2.24, 2.45) is 0 Å². The molecule has 0 spiro atoms. The standard InChI is InChI=1S/C14H18N2O4/c1-2-19-14(18)10-3-5-11(6-4-10)16-13(17)12-9-15-7-8-20-12/h3-6,12,15H,2,7-9H2,1H3,(H,16,17)/t12-/m1/s1. The number of morpholine rings is 1. The third kappa shape index (κ3) is 3.79. The maximum absolute atomic E-state index is 11.9. The molecular formula is C14H18N2O4. The van der Waals surface area contributed by atoms with Crippen molar-refractivity contribution >= 4 is 17.6 Å². The minimum Gasteiger partial charge on any atom is -0.462 e. The zero-order valence-electron chi connectivity index (χ0n) is 11.3. The van der Waals surface area contributed by atoms with Crippen LogP contribution in [-0.4, -0.2) is 44.3 Å². The summed E-state index contributed by atoms with van der Waals surface area (Å²) < 4.78 is 10.2. The van der Waals surface area contributed by atoms with E-state index in [9.17, 15) is 9.59 Å². The minimum atomic E-state index is -0.478. The van der Waals surface area contributed by atoms with Gasteiger partial charge in [0.15, 0.2) is 0 Å². The molecule has 1 aliphatic rings. The van der Waals surface area contributed by atoms with Gasteiger partial charge in [0, 0.05) is 18.8 Å². The Hall–Kier alpha value is -1.92. The van der Waals surface area contributed by atoms with Crippen LogP contribution in [0.5, 0.6) is 0 Å². The Kier molecular flexibility index (Phi) is 5.09. The van der Waals surface area contributed by atoms with Gasteiger partial charge in [0.05, 0.1) is 18.8 Å². The van der Waals surface area contributed by atoms with E-state index in [1.165, 1.54) is 0 Å². The second-order valence-corrected chi connectivity index (χ2v) is 4.35. The zero-order chi connectivity index (χ0) is 14.4. The van der Waals surface area contributed by atoms with Crippen molar-refractivity contribution in [2.45, 2.75) is 13.0 Å². The highest BCUT2D eigenvalue weighted by molar-refractivity contribution is 5.95. The Morgan fingerprint density at radius 2 is 2.15 bits per heavy atom. The van der Waals surface area contributed by atoms with Crippen LogP contribution >= 0.6 is 0 Å². The number of ether oxygens (including phenoxy) is 2. The molecule has 2 N–H and O–H groups in total. The number of carbonyl (C=O) groups excluding carboxylic acids is 2. The second-order valence-electron chi connectivity index (χ2n) is 4.35. The van der Waals surface area contributed by atoms with Gasteiger partial charge >= 0.3 is 5.97 Å². The van der Waals surface area contributed by atoms with Crippen LogP contribution in [0.2, 0.25) is 0 Å². The highest BCUT2D eigenvalue weighted by Gasteiger charge is 2.21. The van der Waals surface area contributed by atoms with Crippen LogP contribution < -0.4 is 10.6 Å². The van der Waals surface area contributed by atoms with E-state index in [-0.39, 0.29) is 11.9 Å². The lowest BCUT2D eigenvalue weighted by atomic mass is 10.2. The molecule has 1 heterocycles. The van der Waals surface area contributed by atoms with Crippen molar-refractivity contribution in [3.05, 3.63) is 29.8 Å². The van der Waals surface area contributed by atoms with Crippen LogP contribution in [0.25, 0.3) is 0 Å². The first-order chi connectivity index (χ1) is 9.70. The lowest BCUT2D eigenvalue weighted by Gasteiger charge is -2.22. The van der Waals surface area contributed by atoms with Gasteiger partial charge in [-0.05, 0) is 31.2 Å². The number of carbonyl (C=O) groups is 2. The van der Waals surface area contributed by atoms with Gasteiger partial charge in [0.1, 0.15) is 6.10 Å². The number of amides is 1. The molecule has 1 fully saturated rings. The number of anilines is 1. The fourth-order valence-electron chi connectivity index (χ4n) is 1.86. The van der Waals surface area contributed by atoms with Crippen molar-refractivity contribution in [3.63, 3.8) is 0 Å². The molecule has 1 aromatic carbocycles. The molecule has 0 aliphatic carbocycles. The Balaban J connectivity index is 1.92. The van der Waals surface area contributed by atoms with Gasteiger partial charge in [0.25, 0.3) is 5.91 Å². The topological polar surface area (TPSA) is 76.7 Å². The predicted molar refractivity (Wildman–Crippen MR) is 73.6 cm³/mol. The van der Waals surface area contributed by atoms with Crippen molar-refractivity contribution in [3.8, 4) is 0 Å². The molecule has 1 amide bonds. The fourth-order valence-corrected chi connectivity index (χ4v) is 1.86. The Labute approximate surface area is 117 Å². The summed E-state index contributed by atoms with van der Waals surface area (Å²) in [5, 5.41) is 5.85. The third-order valence-corrected chi connectivity index (χ3v) is 2.88. The number of rotatable bonds is 4. The summed E-state index contributed by atoms with van der Waals surface area (Å²) in [5.41, 5.74) is 1.08. The first-order valence-electron chi connectivity index (χ1n) is 6.61. The van der Waals surface area contributed by atoms with Crippen LogP contribution in [0.4, 0.5) is 5.69 Å². The van der Waals surface area contributed by atoms with E-state index < -0.39 is 6.10 Å². The first-order valence-corrected chi connectivity index (χ1v) is 6.61. The van der Waals surface area contributed by atoms with Gasteiger partial charge in [-0.15, -0.1) is 0 Å². The smallest absolute Gasteiger partial charge is 0.338 e. The second kappa shape index (κ2) is 7.02. The molecule has 0 saturated carbocycles. The molecule has 1 atom stereocenters. The summed E-state index contributed by atoms with van der Waals surface area (Å²) in [4.78, 5) is 23.4. The average molecular weight is 278 g/mol. The van der Waals surface area contributed by atoms with E-state index >= 15 is 0 Å². The summed E-state index contributed by atoms with van der Waals surface area (Å²) >= 11 is 0. The number of nitrogens with one attached hydrogen (secondary N) is 2. The van der Waals surface area contributed by atoms with E-state index in [0.717, 1.165) is 6.54 Å². The summed E-state index contributed by atoms with van der Waals surface area (Å²) in [7, 11) is 0. The molecule has 0 aromatic heterocycles. The lowest BCUT2D eigenvalue weighted by molar-refractivity contribution is -0.128. The number of hydrogen-bond donors (Lipinski definition) is 2. The van der Waals surface area contributed by atoms with Gasteiger partial charge in [-0.2, -0.15) is 0 Å². The number of benzene rings is 1. The van der Waals surface area contributed by atoms with Crippen LogP contribution in [0.3, 0.4) is 0 Å². The van der Waals surface area contributed by atoms with Gasteiger partial charge in [-0.3, -0.25) is 4.79 Å². The molecule has 1 saturated heterocycles. The predicted octanol–water partition coefficient (Wildman–Crippen LogP) is 0.790. The summed E-state index contributed by atoms with van der Waals surface area (Å²) in [5.74, 6) is -0.564. The molecule has 20 heavy (non-hydrogen) atoms. The van der Waals surface area contributed by atoms with Gasteiger partial charge < -0.3 is 20.1 Å². The maximum Gasteiger partial charge on any atom is 0.338 e. The monoisotopic (exact) mass is 278 g/mol. The van der Waals surface area contributed by atoms with E-state index in [2.05, 4.69) is 10.6 Å².